The maximum absolute atomic E-state index is 5.21. The van der Waals surface area contributed by atoms with Crippen LogP contribution in [0.1, 0.15) is 5.56 Å². The van der Waals surface area contributed by atoms with E-state index >= 15 is 0 Å². The van der Waals surface area contributed by atoms with Gasteiger partial charge in [-0.05, 0) is 31.7 Å². The van der Waals surface area contributed by atoms with Gasteiger partial charge in [0.1, 0.15) is 5.75 Å². The zero-order valence-electron chi connectivity index (χ0n) is 8.35. The molecule has 0 spiro atoms. The first-order valence-corrected chi connectivity index (χ1v) is 4.31. The van der Waals surface area contributed by atoms with Gasteiger partial charge in [-0.1, -0.05) is 6.07 Å². The van der Waals surface area contributed by atoms with E-state index in [1.807, 2.05) is 19.2 Å². The minimum atomic E-state index is 0.736. The lowest BCUT2D eigenvalue weighted by Crippen LogP contribution is -2.17. The fourth-order valence-corrected chi connectivity index (χ4v) is 1.14. The van der Waals surface area contributed by atoms with E-state index in [1.54, 1.807) is 7.11 Å². The zero-order chi connectivity index (χ0) is 9.68. The molecule has 0 saturated heterocycles. The number of aryl methyl sites for hydroxylation is 1. The Hall–Kier alpha value is -1.22. The molecule has 3 heteroatoms. The molecule has 0 aliphatic rings. The number of ether oxygens (including phenoxy) is 1. The highest BCUT2D eigenvalue weighted by molar-refractivity contribution is 5.57. The summed E-state index contributed by atoms with van der Waals surface area (Å²) in [7, 11) is 3.57. The number of anilines is 1. The van der Waals surface area contributed by atoms with E-state index in [1.165, 1.54) is 5.56 Å². The second-order valence-electron chi connectivity index (χ2n) is 2.91. The topological polar surface area (TPSA) is 33.3 Å². The van der Waals surface area contributed by atoms with Crippen molar-refractivity contribution in [3.05, 3.63) is 23.8 Å². The molecule has 3 nitrogen and oxygen atoms in total. The van der Waals surface area contributed by atoms with Crippen molar-refractivity contribution < 1.29 is 4.74 Å². The molecule has 0 bridgehead atoms. The van der Waals surface area contributed by atoms with Gasteiger partial charge in [0.15, 0.2) is 0 Å². The molecule has 0 aliphatic carbocycles. The zero-order valence-corrected chi connectivity index (χ0v) is 8.35. The van der Waals surface area contributed by atoms with Gasteiger partial charge in [-0.3, -0.25) is 0 Å². The molecule has 0 unspecified atom stereocenters. The van der Waals surface area contributed by atoms with Crippen LogP contribution in [0.3, 0.4) is 0 Å². The second kappa shape index (κ2) is 4.72. The maximum atomic E-state index is 5.21. The van der Waals surface area contributed by atoms with E-state index in [0.29, 0.717) is 0 Å². The quantitative estimate of drug-likeness (QED) is 0.690. The second-order valence-corrected chi connectivity index (χ2v) is 2.91. The van der Waals surface area contributed by atoms with Gasteiger partial charge in [-0.2, -0.15) is 0 Å². The molecule has 0 radical (unpaired) electrons. The van der Waals surface area contributed by atoms with E-state index in [4.69, 9.17) is 4.74 Å². The predicted octanol–water partition coefficient (Wildman–Crippen LogP) is 1.59. The van der Waals surface area contributed by atoms with Crippen LogP contribution in [0.25, 0.3) is 0 Å². The van der Waals surface area contributed by atoms with Gasteiger partial charge in [-0.25, -0.2) is 0 Å². The number of hydrogen-bond acceptors (Lipinski definition) is 3. The number of methoxy groups -OCH3 is 1. The summed E-state index contributed by atoms with van der Waals surface area (Å²) in [5.74, 6) is 0.876. The standard InChI is InChI=1S/C10H16N2O/c1-8-4-5-10(13-3)9(6-8)12-7-11-2/h4-6,11-12H,7H2,1-3H3. The van der Waals surface area contributed by atoms with Crippen LogP contribution in [0.4, 0.5) is 5.69 Å². The summed E-state index contributed by atoms with van der Waals surface area (Å²) >= 11 is 0. The molecule has 13 heavy (non-hydrogen) atoms. The molecule has 1 aromatic carbocycles. The molecule has 1 aromatic rings. The SMILES string of the molecule is CNCNc1cc(C)ccc1OC. The van der Waals surface area contributed by atoms with Crippen molar-refractivity contribution in [3.8, 4) is 5.75 Å². The summed E-state index contributed by atoms with van der Waals surface area (Å²) in [6, 6.07) is 6.06. The van der Waals surface area contributed by atoms with Gasteiger partial charge < -0.3 is 15.4 Å². The Balaban J connectivity index is 2.81. The van der Waals surface area contributed by atoms with Crippen molar-refractivity contribution in [1.29, 1.82) is 0 Å². The van der Waals surface area contributed by atoms with E-state index < -0.39 is 0 Å². The van der Waals surface area contributed by atoms with Crippen LogP contribution >= 0.6 is 0 Å². The van der Waals surface area contributed by atoms with Crippen molar-refractivity contribution >= 4 is 5.69 Å². The summed E-state index contributed by atoms with van der Waals surface area (Å²) in [4.78, 5) is 0. The highest BCUT2D eigenvalue weighted by Crippen LogP contribution is 2.24. The third kappa shape index (κ3) is 2.63. The molecule has 1 rings (SSSR count). The van der Waals surface area contributed by atoms with Gasteiger partial charge in [0, 0.05) is 0 Å². The molecule has 0 aromatic heterocycles. The van der Waals surface area contributed by atoms with E-state index in [0.717, 1.165) is 18.1 Å². The Morgan fingerprint density at radius 2 is 2.15 bits per heavy atom. The first kappa shape index (κ1) is 9.86. The van der Waals surface area contributed by atoms with Gasteiger partial charge in [0.05, 0.1) is 19.5 Å². The number of rotatable bonds is 4. The summed E-state index contributed by atoms with van der Waals surface area (Å²) in [5, 5.41) is 6.24. The lowest BCUT2D eigenvalue weighted by molar-refractivity contribution is 0.416. The summed E-state index contributed by atoms with van der Waals surface area (Å²) in [6.45, 7) is 2.80. The number of hydrogen-bond donors (Lipinski definition) is 2. The Kier molecular flexibility index (Phi) is 3.58. The van der Waals surface area contributed by atoms with Gasteiger partial charge in [0.2, 0.25) is 0 Å². The third-order valence-corrected chi connectivity index (χ3v) is 1.81. The van der Waals surface area contributed by atoms with Crippen LogP contribution in [-0.4, -0.2) is 20.8 Å². The molecule has 0 aliphatic heterocycles. The van der Waals surface area contributed by atoms with E-state index in [-0.39, 0.29) is 0 Å². The molecular weight excluding hydrogens is 164 g/mol. The fourth-order valence-electron chi connectivity index (χ4n) is 1.14. The van der Waals surface area contributed by atoms with Crippen LogP contribution in [0.15, 0.2) is 18.2 Å². The van der Waals surface area contributed by atoms with Crippen LogP contribution in [0.2, 0.25) is 0 Å². The van der Waals surface area contributed by atoms with Crippen LogP contribution < -0.4 is 15.4 Å². The Morgan fingerprint density at radius 1 is 1.38 bits per heavy atom. The van der Waals surface area contributed by atoms with Crippen LogP contribution in [0.5, 0.6) is 5.75 Å². The first-order valence-electron chi connectivity index (χ1n) is 4.31. The first-order chi connectivity index (χ1) is 6.27. The summed E-state index contributed by atoms with van der Waals surface area (Å²) < 4.78 is 5.21. The molecule has 0 heterocycles. The molecule has 0 amide bonds. The van der Waals surface area contributed by atoms with Gasteiger partial charge in [0.25, 0.3) is 0 Å². The minimum absolute atomic E-state index is 0.736. The monoisotopic (exact) mass is 180 g/mol. The third-order valence-electron chi connectivity index (χ3n) is 1.81. The van der Waals surface area contributed by atoms with Crippen molar-refractivity contribution in [3.63, 3.8) is 0 Å². The average Bonchev–Trinajstić information content (AvgIpc) is 2.15. The van der Waals surface area contributed by atoms with Gasteiger partial charge >= 0.3 is 0 Å². The highest BCUT2D eigenvalue weighted by Gasteiger charge is 2.00. The Morgan fingerprint density at radius 3 is 2.77 bits per heavy atom. The minimum Gasteiger partial charge on any atom is -0.495 e. The van der Waals surface area contributed by atoms with Crippen LogP contribution in [-0.2, 0) is 0 Å². The van der Waals surface area contributed by atoms with Crippen molar-refractivity contribution in [2.75, 3.05) is 26.1 Å². The van der Waals surface area contributed by atoms with Crippen LogP contribution in [0, 0.1) is 6.92 Å². The lowest BCUT2D eigenvalue weighted by Gasteiger charge is -2.11. The maximum Gasteiger partial charge on any atom is 0.142 e. The summed E-state index contributed by atoms with van der Waals surface area (Å²) in [6.07, 6.45) is 0. The van der Waals surface area contributed by atoms with Gasteiger partial charge in [-0.15, -0.1) is 0 Å². The molecule has 0 saturated carbocycles. The predicted molar refractivity (Wildman–Crippen MR) is 55.3 cm³/mol. The normalized spacial score (nSPS) is 9.77. The molecule has 2 N–H and O–H groups in total. The Labute approximate surface area is 79.1 Å². The largest absolute Gasteiger partial charge is 0.495 e. The number of nitrogens with one attached hydrogen (secondary N) is 2. The Bertz CT molecular complexity index is 274. The summed E-state index contributed by atoms with van der Waals surface area (Å²) in [5.41, 5.74) is 2.25. The smallest absolute Gasteiger partial charge is 0.142 e. The van der Waals surface area contributed by atoms with E-state index in [9.17, 15) is 0 Å². The molecule has 0 fully saturated rings. The number of benzene rings is 1. The highest BCUT2D eigenvalue weighted by atomic mass is 16.5. The lowest BCUT2D eigenvalue weighted by atomic mass is 10.2. The van der Waals surface area contributed by atoms with Crippen molar-refractivity contribution in [2.24, 2.45) is 0 Å². The van der Waals surface area contributed by atoms with Crippen molar-refractivity contribution in [1.82, 2.24) is 5.32 Å². The molecule has 72 valence electrons. The van der Waals surface area contributed by atoms with Crippen molar-refractivity contribution in [2.45, 2.75) is 6.92 Å². The molecule has 0 atom stereocenters. The average molecular weight is 180 g/mol. The van der Waals surface area contributed by atoms with E-state index in [2.05, 4.69) is 23.6 Å². The fraction of sp³-hybridized carbons (Fsp3) is 0.400. The molecular formula is C10H16N2O.